The highest BCUT2D eigenvalue weighted by Crippen LogP contribution is 2.64. The molecule has 1 aliphatic carbocycles. The van der Waals surface area contributed by atoms with E-state index in [4.69, 9.17) is 17.3 Å². The van der Waals surface area contributed by atoms with Crippen molar-refractivity contribution < 1.29 is 0 Å². The zero-order valence-corrected chi connectivity index (χ0v) is 11.3. The summed E-state index contributed by atoms with van der Waals surface area (Å²) < 4.78 is 1.04. The zero-order chi connectivity index (χ0) is 11.2. The molecule has 0 amide bonds. The van der Waals surface area contributed by atoms with Crippen molar-refractivity contribution in [1.29, 1.82) is 0 Å². The fourth-order valence-electron chi connectivity index (χ4n) is 2.60. The number of nitrogens with two attached hydrogens (primary N) is 1. The molecule has 0 saturated heterocycles. The van der Waals surface area contributed by atoms with Crippen molar-refractivity contribution in [1.82, 2.24) is 0 Å². The SMILES string of the molecule is CC1(C)[C@@H](CN)[C@@H]1c1cc(Cl)cc(Br)c1. The van der Waals surface area contributed by atoms with Crippen LogP contribution in [0.3, 0.4) is 0 Å². The molecule has 1 aromatic carbocycles. The lowest BCUT2D eigenvalue weighted by Crippen LogP contribution is -2.05. The van der Waals surface area contributed by atoms with E-state index in [0.29, 0.717) is 17.3 Å². The van der Waals surface area contributed by atoms with Gasteiger partial charge in [0.05, 0.1) is 0 Å². The molecule has 0 aromatic heterocycles. The van der Waals surface area contributed by atoms with Crippen molar-refractivity contribution in [2.24, 2.45) is 17.1 Å². The van der Waals surface area contributed by atoms with E-state index in [1.54, 1.807) is 0 Å². The Balaban J connectivity index is 2.32. The number of benzene rings is 1. The zero-order valence-electron chi connectivity index (χ0n) is 8.93. The highest BCUT2D eigenvalue weighted by molar-refractivity contribution is 9.10. The van der Waals surface area contributed by atoms with Crippen molar-refractivity contribution in [3.63, 3.8) is 0 Å². The minimum absolute atomic E-state index is 0.318. The molecule has 1 nitrogen and oxygen atoms in total. The second-order valence-electron chi connectivity index (χ2n) is 4.84. The number of hydrogen-bond donors (Lipinski definition) is 1. The largest absolute Gasteiger partial charge is 0.330 e. The lowest BCUT2D eigenvalue weighted by Gasteiger charge is -2.04. The third-order valence-electron chi connectivity index (χ3n) is 3.55. The molecule has 0 bridgehead atoms. The van der Waals surface area contributed by atoms with Crippen LogP contribution >= 0.6 is 27.5 Å². The molecule has 1 aromatic rings. The second kappa shape index (κ2) is 3.76. The van der Waals surface area contributed by atoms with Crippen LogP contribution in [-0.4, -0.2) is 6.54 Å². The van der Waals surface area contributed by atoms with Crippen LogP contribution in [0.4, 0.5) is 0 Å². The normalized spacial score (nSPS) is 27.8. The van der Waals surface area contributed by atoms with E-state index in [-0.39, 0.29) is 0 Å². The predicted molar refractivity (Wildman–Crippen MR) is 68.2 cm³/mol. The van der Waals surface area contributed by atoms with Gasteiger partial charge in [-0.05, 0) is 47.6 Å². The third-order valence-corrected chi connectivity index (χ3v) is 4.22. The summed E-state index contributed by atoms with van der Waals surface area (Å²) in [5.74, 6) is 1.14. The van der Waals surface area contributed by atoms with Gasteiger partial charge in [-0.2, -0.15) is 0 Å². The van der Waals surface area contributed by atoms with Crippen molar-refractivity contribution in [2.45, 2.75) is 19.8 Å². The first-order chi connectivity index (χ1) is 6.96. The van der Waals surface area contributed by atoms with Crippen molar-refractivity contribution >= 4 is 27.5 Å². The quantitative estimate of drug-likeness (QED) is 0.880. The van der Waals surface area contributed by atoms with Crippen molar-refractivity contribution in [2.75, 3.05) is 6.54 Å². The van der Waals surface area contributed by atoms with Crippen molar-refractivity contribution in [3.05, 3.63) is 33.3 Å². The molecule has 1 saturated carbocycles. The minimum atomic E-state index is 0.318. The lowest BCUT2D eigenvalue weighted by molar-refractivity contribution is 0.558. The van der Waals surface area contributed by atoms with Gasteiger partial charge in [0.25, 0.3) is 0 Å². The van der Waals surface area contributed by atoms with E-state index in [9.17, 15) is 0 Å². The topological polar surface area (TPSA) is 26.0 Å². The van der Waals surface area contributed by atoms with Gasteiger partial charge in [0, 0.05) is 9.50 Å². The Labute approximate surface area is 104 Å². The van der Waals surface area contributed by atoms with E-state index in [1.807, 2.05) is 12.1 Å². The van der Waals surface area contributed by atoms with Crippen LogP contribution < -0.4 is 5.73 Å². The molecule has 0 spiro atoms. The Morgan fingerprint density at radius 2 is 2.07 bits per heavy atom. The molecule has 0 unspecified atom stereocenters. The maximum absolute atomic E-state index is 6.04. The highest BCUT2D eigenvalue weighted by Gasteiger charge is 2.57. The molecule has 0 radical (unpaired) electrons. The molecule has 2 rings (SSSR count). The molecule has 82 valence electrons. The first-order valence-electron chi connectivity index (χ1n) is 5.13. The molecule has 1 fully saturated rings. The summed E-state index contributed by atoms with van der Waals surface area (Å²) in [4.78, 5) is 0. The minimum Gasteiger partial charge on any atom is -0.330 e. The van der Waals surface area contributed by atoms with Gasteiger partial charge >= 0.3 is 0 Å². The van der Waals surface area contributed by atoms with Gasteiger partial charge in [-0.15, -0.1) is 0 Å². The van der Waals surface area contributed by atoms with E-state index in [2.05, 4.69) is 35.8 Å². The molecule has 1 aliphatic rings. The Morgan fingerprint density at radius 3 is 2.53 bits per heavy atom. The first-order valence-corrected chi connectivity index (χ1v) is 6.30. The summed E-state index contributed by atoms with van der Waals surface area (Å²) in [5.41, 5.74) is 7.39. The average Bonchev–Trinajstić information content (AvgIpc) is 2.66. The van der Waals surface area contributed by atoms with Crippen LogP contribution in [-0.2, 0) is 0 Å². The summed E-state index contributed by atoms with van der Waals surface area (Å²) in [6.45, 7) is 5.29. The van der Waals surface area contributed by atoms with Crippen LogP contribution in [0.15, 0.2) is 22.7 Å². The van der Waals surface area contributed by atoms with Gasteiger partial charge in [0.15, 0.2) is 0 Å². The summed E-state index contributed by atoms with van der Waals surface area (Å²) in [5, 5.41) is 0.790. The van der Waals surface area contributed by atoms with E-state index in [1.165, 1.54) is 5.56 Å². The van der Waals surface area contributed by atoms with Gasteiger partial charge in [-0.25, -0.2) is 0 Å². The number of halogens is 2. The number of rotatable bonds is 2. The summed E-state index contributed by atoms with van der Waals surface area (Å²) >= 11 is 9.52. The van der Waals surface area contributed by atoms with Crippen LogP contribution in [0.1, 0.15) is 25.3 Å². The molecule has 2 N–H and O–H groups in total. The molecule has 15 heavy (non-hydrogen) atoms. The Morgan fingerprint density at radius 1 is 1.40 bits per heavy atom. The Hall–Kier alpha value is -0.0500. The summed E-state index contributed by atoms with van der Waals surface area (Å²) in [6.07, 6.45) is 0. The molecular weight excluding hydrogens is 273 g/mol. The fraction of sp³-hybridized carbons (Fsp3) is 0.500. The van der Waals surface area contributed by atoms with Gasteiger partial charge in [-0.3, -0.25) is 0 Å². The van der Waals surface area contributed by atoms with Gasteiger partial charge in [-0.1, -0.05) is 41.4 Å². The van der Waals surface area contributed by atoms with E-state index >= 15 is 0 Å². The third kappa shape index (κ3) is 1.95. The summed E-state index contributed by atoms with van der Waals surface area (Å²) in [7, 11) is 0. The van der Waals surface area contributed by atoms with Gasteiger partial charge in [0.1, 0.15) is 0 Å². The molecule has 0 aliphatic heterocycles. The van der Waals surface area contributed by atoms with Crippen LogP contribution in [0, 0.1) is 11.3 Å². The van der Waals surface area contributed by atoms with Crippen LogP contribution in [0.25, 0.3) is 0 Å². The van der Waals surface area contributed by atoms with Gasteiger partial charge in [0.2, 0.25) is 0 Å². The number of hydrogen-bond acceptors (Lipinski definition) is 1. The van der Waals surface area contributed by atoms with Gasteiger partial charge < -0.3 is 5.73 Å². The molecule has 0 heterocycles. The van der Waals surface area contributed by atoms with E-state index < -0.39 is 0 Å². The second-order valence-corrected chi connectivity index (χ2v) is 6.20. The Kier molecular flexibility index (Phi) is 2.87. The lowest BCUT2D eigenvalue weighted by atomic mass is 10.0. The summed E-state index contributed by atoms with van der Waals surface area (Å²) in [6, 6.07) is 6.11. The van der Waals surface area contributed by atoms with E-state index in [0.717, 1.165) is 16.0 Å². The van der Waals surface area contributed by atoms with Crippen LogP contribution in [0.5, 0.6) is 0 Å². The first kappa shape index (κ1) is 11.4. The Bertz CT molecular complexity index is 369. The molecule has 3 heteroatoms. The average molecular weight is 289 g/mol. The maximum Gasteiger partial charge on any atom is 0.0420 e. The van der Waals surface area contributed by atoms with Crippen LogP contribution in [0.2, 0.25) is 5.02 Å². The maximum atomic E-state index is 6.04. The molecule has 2 atom stereocenters. The highest BCUT2D eigenvalue weighted by atomic mass is 79.9. The molecular formula is C12H15BrClN. The smallest absolute Gasteiger partial charge is 0.0420 e. The fourth-order valence-corrected chi connectivity index (χ4v) is 3.49. The monoisotopic (exact) mass is 287 g/mol. The standard InChI is InChI=1S/C12H15BrClN/c1-12(2)10(6-15)11(12)7-3-8(13)5-9(14)4-7/h3-5,10-11H,6,15H2,1-2H3/t10-,11-/m0/s1. The predicted octanol–water partition coefficient (Wildman–Crippen LogP) is 3.80. The van der Waals surface area contributed by atoms with Crippen molar-refractivity contribution in [3.8, 4) is 0 Å².